The zero-order valence-electron chi connectivity index (χ0n) is 17.1. The number of likely N-dealkylation sites (tertiary alicyclic amines) is 1. The highest BCUT2D eigenvalue weighted by Crippen LogP contribution is 2.36. The van der Waals surface area contributed by atoms with Gasteiger partial charge in [-0.15, -0.1) is 0 Å². The number of carbonyl (C=O) groups is 1. The van der Waals surface area contributed by atoms with E-state index in [0.29, 0.717) is 37.2 Å². The Labute approximate surface area is 177 Å². The Bertz CT molecular complexity index is 1080. The average Bonchev–Trinajstić information content (AvgIpc) is 2.81. The summed E-state index contributed by atoms with van der Waals surface area (Å²) in [7, 11) is 0. The standard InChI is InChI=1S/C25H24N4O/c1-19-6-2-3-7-20(19)16-25(18-26)10-14-29(15-11-25)24(30)22-9-5-13-28-23(22)21-8-4-12-27-17-21/h2-9,12-13,17H,10-11,14-16H2,1H3. The van der Waals surface area contributed by atoms with Crippen LogP contribution in [-0.4, -0.2) is 33.9 Å². The van der Waals surface area contributed by atoms with E-state index >= 15 is 0 Å². The maximum atomic E-state index is 13.3. The van der Waals surface area contributed by atoms with Crippen molar-refractivity contribution in [2.75, 3.05) is 13.1 Å². The predicted octanol–water partition coefficient (Wildman–Crippen LogP) is 4.44. The lowest BCUT2D eigenvalue weighted by Crippen LogP contribution is -2.43. The van der Waals surface area contributed by atoms with E-state index in [9.17, 15) is 10.1 Å². The normalized spacial score (nSPS) is 15.4. The van der Waals surface area contributed by atoms with Crippen LogP contribution in [0.1, 0.15) is 34.3 Å². The van der Waals surface area contributed by atoms with Crippen LogP contribution in [0.25, 0.3) is 11.3 Å². The summed E-state index contributed by atoms with van der Waals surface area (Å²) in [6.45, 7) is 3.22. The highest BCUT2D eigenvalue weighted by atomic mass is 16.2. The molecule has 1 aromatic carbocycles. The molecule has 1 saturated heterocycles. The van der Waals surface area contributed by atoms with Crippen molar-refractivity contribution < 1.29 is 4.79 Å². The van der Waals surface area contributed by atoms with Gasteiger partial charge in [0, 0.05) is 37.2 Å². The molecule has 0 bridgehead atoms. The van der Waals surface area contributed by atoms with Crippen molar-refractivity contribution in [3.8, 4) is 17.3 Å². The summed E-state index contributed by atoms with van der Waals surface area (Å²) in [4.78, 5) is 23.7. The van der Waals surface area contributed by atoms with Gasteiger partial charge in [-0.05, 0) is 61.6 Å². The SMILES string of the molecule is Cc1ccccc1CC1(C#N)CCN(C(=O)c2cccnc2-c2cccnc2)CC1. The molecule has 2 aromatic heterocycles. The predicted molar refractivity (Wildman–Crippen MR) is 116 cm³/mol. The van der Waals surface area contributed by atoms with Crippen LogP contribution in [0.15, 0.2) is 67.1 Å². The van der Waals surface area contributed by atoms with E-state index < -0.39 is 5.41 Å². The van der Waals surface area contributed by atoms with Gasteiger partial charge in [0.1, 0.15) is 0 Å². The van der Waals surface area contributed by atoms with Crippen LogP contribution in [0.5, 0.6) is 0 Å². The molecule has 0 N–H and O–H groups in total. The summed E-state index contributed by atoms with van der Waals surface area (Å²) in [6.07, 6.45) is 7.19. The number of aryl methyl sites for hydroxylation is 1. The minimum Gasteiger partial charge on any atom is -0.338 e. The fourth-order valence-electron chi connectivity index (χ4n) is 4.12. The first kappa shape index (κ1) is 19.8. The first-order chi connectivity index (χ1) is 14.6. The van der Waals surface area contributed by atoms with Crippen molar-refractivity contribution in [3.63, 3.8) is 0 Å². The lowest BCUT2D eigenvalue weighted by molar-refractivity contribution is 0.0647. The molecule has 5 heteroatoms. The molecule has 3 heterocycles. The summed E-state index contributed by atoms with van der Waals surface area (Å²) in [5.74, 6) is -0.0376. The summed E-state index contributed by atoms with van der Waals surface area (Å²) in [5.41, 5.74) is 4.04. The number of amides is 1. The van der Waals surface area contributed by atoms with Crippen LogP contribution in [0.3, 0.4) is 0 Å². The van der Waals surface area contributed by atoms with E-state index in [4.69, 9.17) is 0 Å². The number of hydrogen-bond acceptors (Lipinski definition) is 4. The molecule has 30 heavy (non-hydrogen) atoms. The largest absolute Gasteiger partial charge is 0.338 e. The van der Waals surface area contributed by atoms with Crippen molar-refractivity contribution in [3.05, 3.63) is 83.8 Å². The molecule has 0 atom stereocenters. The Morgan fingerprint density at radius 2 is 1.87 bits per heavy atom. The second-order valence-electron chi connectivity index (χ2n) is 7.93. The van der Waals surface area contributed by atoms with Crippen LogP contribution < -0.4 is 0 Å². The number of carbonyl (C=O) groups excluding carboxylic acids is 1. The van der Waals surface area contributed by atoms with Crippen LogP contribution in [0, 0.1) is 23.7 Å². The van der Waals surface area contributed by atoms with Gasteiger partial charge in [0.25, 0.3) is 5.91 Å². The van der Waals surface area contributed by atoms with Crippen LogP contribution in [0.4, 0.5) is 0 Å². The smallest absolute Gasteiger partial charge is 0.256 e. The molecule has 1 aliphatic rings. The summed E-state index contributed by atoms with van der Waals surface area (Å²) in [5, 5.41) is 9.96. The third-order valence-electron chi connectivity index (χ3n) is 6.01. The number of pyridine rings is 2. The van der Waals surface area contributed by atoms with Crippen molar-refractivity contribution in [2.45, 2.75) is 26.2 Å². The maximum absolute atomic E-state index is 13.3. The van der Waals surface area contributed by atoms with E-state index in [0.717, 1.165) is 12.0 Å². The third kappa shape index (κ3) is 3.95. The van der Waals surface area contributed by atoms with Gasteiger partial charge in [0.2, 0.25) is 0 Å². The van der Waals surface area contributed by atoms with Gasteiger partial charge in [0.15, 0.2) is 0 Å². The van der Waals surface area contributed by atoms with E-state index in [1.54, 1.807) is 24.7 Å². The fraction of sp³-hybridized carbons (Fsp3) is 0.280. The highest BCUT2D eigenvalue weighted by Gasteiger charge is 2.37. The lowest BCUT2D eigenvalue weighted by atomic mass is 9.74. The number of hydrogen-bond donors (Lipinski definition) is 0. The van der Waals surface area contributed by atoms with Crippen LogP contribution in [-0.2, 0) is 6.42 Å². The van der Waals surface area contributed by atoms with Gasteiger partial charge >= 0.3 is 0 Å². The fourth-order valence-corrected chi connectivity index (χ4v) is 4.12. The first-order valence-electron chi connectivity index (χ1n) is 10.2. The average molecular weight is 396 g/mol. The lowest BCUT2D eigenvalue weighted by Gasteiger charge is -2.37. The van der Waals surface area contributed by atoms with E-state index in [-0.39, 0.29) is 5.91 Å². The molecule has 5 nitrogen and oxygen atoms in total. The Morgan fingerprint density at radius 3 is 2.57 bits per heavy atom. The number of rotatable bonds is 4. The molecule has 4 rings (SSSR count). The molecular formula is C25H24N4O. The zero-order valence-corrected chi connectivity index (χ0v) is 17.1. The third-order valence-corrected chi connectivity index (χ3v) is 6.01. The quantitative estimate of drug-likeness (QED) is 0.654. The Kier molecular flexibility index (Phi) is 5.58. The maximum Gasteiger partial charge on any atom is 0.256 e. The van der Waals surface area contributed by atoms with Crippen LogP contribution >= 0.6 is 0 Å². The van der Waals surface area contributed by atoms with Gasteiger partial charge in [-0.25, -0.2) is 0 Å². The molecule has 0 spiro atoms. The number of nitriles is 1. The van der Waals surface area contributed by atoms with Crippen molar-refractivity contribution >= 4 is 5.91 Å². The number of nitrogens with zero attached hydrogens (tertiary/aromatic N) is 4. The van der Waals surface area contributed by atoms with Crippen LogP contribution in [0.2, 0.25) is 0 Å². The topological polar surface area (TPSA) is 69.9 Å². The van der Waals surface area contributed by atoms with Gasteiger partial charge < -0.3 is 4.90 Å². The Balaban J connectivity index is 1.52. The first-order valence-corrected chi connectivity index (χ1v) is 10.2. The molecule has 1 aliphatic heterocycles. The molecule has 1 fully saturated rings. The van der Waals surface area contributed by atoms with Gasteiger partial charge in [0.05, 0.1) is 22.7 Å². The summed E-state index contributed by atoms with van der Waals surface area (Å²) < 4.78 is 0. The monoisotopic (exact) mass is 396 g/mol. The number of aromatic nitrogens is 2. The van der Waals surface area contributed by atoms with Gasteiger partial charge in [-0.3, -0.25) is 14.8 Å². The molecule has 0 unspecified atom stereocenters. The van der Waals surface area contributed by atoms with E-state index in [1.165, 1.54) is 11.1 Å². The Hall–Kier alpha value is -3.52. The van der Waals surface area contributed by atoms with Crippen molar-refractivity contribution in [1.82, 2.24) is 14.9 Å². The molecule has 0 aliphatic carbocycles. The second kappa shape index (κ2) is 8.46. The second-order valence-corrected chi connectivity index (χ2v) is 7.93. The number of benzene rings is 1. The number of piperidine rings is 1. The zero-order chi connectivity index (χ0) is 21.0. The highest BCUT2D eigenvalue weighted by molar-refractivity contribution is 5.99. The Morgan fingerprint density at radius 1 is 1.10 bits per heavy atom. The van der Waals surface area contributed by atoms with Gasteiger partial charge in [-0.2, -0.15) is 5.26 Å². The molecular weight excluding hydrogens is 372 g/mol. The van der Waals surface area contributed by atoms with Gasteiger partial charge in [-0.1, -0.05) is 24.3 Å². The van der Waals surface area contributed by atoms with Crippen molar-refractivity contribution in [1.29, 1.82) is 5.26 Å². The molecule has 3 aromatic rings. The van der Waals surface area contributed by atoms with E-state index in [1.807, 2.05) is 35.2 Å². The van der Waals surface area contributed by atoms with Crippen molar-refractivity contribution in [2.24, 2.45) is 5.41 Å². The molecule has 150 valence electrons. The minimum atomic E-state index is -0.427. The molecule has 0 saturated carbocycles. The molecule has 0 radical (unpaired) electrons. The summed E-state index contributed by atoms with van der Waals surface area (Å²) >= 11 is 0. The summed E-state index contributed by atoms with van der Waals surface area (Å²) in [6, 6.07) is 18.1. The molecule has 1 amide bonds. The minimum absolute atomic E-state index is 0.0376. The van der Waals surface area contributed by atoms with E-state index in [2.05, 4.69) is 35.1 Å².